The molecule has 0 atom stereocenters. The molecule has 2 N–H and O–H groups in total. The number of nitrogens with zero attached hydrogens (tertiary/aromatic N) is 2. The van der Waals surface area contributed by atoms with Crippen LogP contribution in [0.3, 0.4) is 0 Å². The second-order valence-electron chi connectivity index (χ2n) is 4.42. The van der Waals surface area contributed by atoms with Gasteiger partial charge in [0, 0.05) is 19.2 Å². The van der Waals surface area contributed by atoms with E-state index in [0.29, 0.717) is 19.4 Å². The Kier molecular flexibility index (Phi) is 6.93. The van der Waals surface area contributed by atoms with Gasteiger partial charge in [-0.2, -0.15) is 5.10 Å². The van der Waals surface area contributed by atoms with Gasteiger partial charge in [-0.15, -0.1) is 0 Å². The predicted octanol–water partition coefficient (Wildman–Crippen LogP) is 0.431. The first kappa shape index (κ1) is 16.7. The van der Waals surface area contributed by atoms with Crippen LogP contribution in [-0.4, -0.2) is 46.4 Å². The van der Waals surface area contributed by atoms with E-state index in [4.69, 9.17) is 5.11 Å². The highest BCUT2D eigenvalue weighted by molar-refractivity contribution is 5.86. The van der Waals surface area contributed by atoms with Crippen molar-refractivity contribution in [3.05, 3.63) is 18.0 Å². The van der Waals surface area contributed by atoms with Crippen LogP contribution in [0.4, 0.5) is 0 Å². The van der Waals surface area contributed by atoms with Gasteiger partial charge < -0.3 is 15.2 Å². The summed E-state index contributed by atoms with van der Waals surface area (Å²) in [5, 5.41) is 15.3. The van der Waals surface area contributed by atoms with E-state index >= 15 is 0 Å². The predicted molar refractivity (Wildman–Crippen MR) is 72.7 cm³/mol. The first-order valence-electron chi connectivity index (χ1n) is 6.63. The molecule has 8 heteroatoms. The molecule has 0 radical (unpaired) electrons. The minimum absolute atomic E-state index is 0.0248. The fraction of sp³-hybridized carbons (Fsp3) is 0.538. The van der Waals surface area contributed by atoms with Gasteiger partial charge in [-0.3, -0.25) is 9.59 Å². The zero-order valence-electron chi connectivity index (χ0n) is 11.9. The van der Waals surface area contributed by atoms with Crippen LogP contribution in [0.15, 0.2) is 12.3 Å². The zero-order valence-corrected chi connectivity index (χ0v) is 11.9. The summed E-state index contributed by atoms with van der Waals surface area (Å²) < 4.78 is 5.65. The van der Waals surface area contributed by atoms with Crippen molar-refractivity contribution >= 4 is 17.8 Å². The quantitative estimate of drug-likeness (QED) is 0.505. The normalized spacial score (nSPS) is 10.1. The van der Waals surface area contributed by atoms with Crippen LogP contribution < -0.4 is 5.32 Å². The van der Waals surface area contributed by atoms with Gasteiger partial charge in [0.05, 0.1) is 7.11 Å². The molecule has 0 aliphatic heterocycles. The molecule has 1 heterocycles. The maximum Gasteiger partial charge on any atom is 0.354 e. The molecule has 0 aliphatic rings. The molecule has 0 fully saturated rings. The minimum atomic E-state index is -1.12. The van der Waals surface area contributed by atoms with E-state index in [-0.39, 0.29) is 24.1 Å². The van der Waals surface area contributed by atoms with Gasteiger partial charge in [-0.1, -0.05) is 6.42 Å². The average Bonchev–Trinajstić information content (AvgIpc) is 2.90. The highest BCUT2D eigenvalue weighted by Crippen LogP contribution is 2.01. The smallest absolute Gasteiger partial charge is 0.354 e. The van der Waals surface area contributed by atoms with E-state index in [1.165, 1.54) is 19.4 Å². The molecule has 8 nitrogen and oxygen atoms in total. The number of unbranched alkanes of at least 4 members (excludes halogenated alkanes) is 2. The monoisotopic (exact) mass is 297 g/mol. The number of carbonyl (C=O) groups excluding carboxylic acids is 2. The number of rotatable bonds is 9. The zero-order chi connectivity index (χ0) is 15.7. The molecular formula is C13H19N3O5. The number of hydrogen-bond donors (Lipinski definition) is 2. The molecule has 0 saturated carbocycles. The van der Waals surface area contributed by atoms with Crippen molar-refractivity contribution in [3.63, 3.8) is 0 Å². The summed E-state index contributed by atoms with van der Waals surface area (Å²) in [6.07, 6.45) is 3.97. The third-order valence-corrected chi connectivity index (χ3v) is 2.84. The molecule has 0 saturated heterocycles. The number of esters is 1. The molecular weight excluding hydrogens is 278 g/mol. The van der Waals surface area contributed by atoms with Crippen LogP contribution in [0, 0.1) is 0 Å². The Morgan fingerprint density at radius 1 is 1.33 bits per heavy atom. The van der Waals surface area contributed by atoms with Crippen LogP contribution in [-0.2, 0) is 20.9 Å². The lowest BCUT2D eigenvalue weighted by Crippen LogP contribution is -2.30. The Morgan fingerprint density at radius 2 is 2.10 bits per heavy atom. The fourth-order valence-corrected chi connectivity index (χ4v) is 1.73. The van der Waals surface area contributed by atoms with E-state index in [1.807, 2.05) is 0 Å². The number of aromatic carboxylic acids is 1. The van der Waals surface area contributed by atoms with Crippen LogP contribution in [0.25, 0.3) is 0 Å². The molecule has 0 aromatic carbocycles. The topological polar surface area (TPSA) is 111 Å². The number of aromatic nitrogens is 2. The summed E-state index contributed by atoms with van der Waals surface area (Å²) in [5.41, 5.74) is -0.0248. The van der Waals surface area contributed by atoms with E-state index in [9.17, 15) is 14.4 Å². The average molecular weight is 297 g/mol. The van der Waals surface area contributed by atoms with Crippen molar-refractivity contribution in [2.45, 2.75) is 32.2 Å². The Bertz CT molecular complexity index is 498. The highest BCUT2D eigenvalue weighted by atomic mass is 16.5. The molecule has 0 bridgehead atoms. The molecule has 0 unspecified atom stereocenters. The highest BCUT2D eigenvalue weighted by Gasteiger charge is 2.12. The van der Waals surface area contributed by atoms with Crippen LogP contribution in [0.1, 0.15) is 36.2 Å². The maximum atomic E-state index is 11.6. The maximum absolute atomic E-state index is 11.6. The third kappa shape index (κ3) is 6.07. The number of carbonyl (C=O) groups is 3. The van der Waals surface area contributed by atoms with Crippen LogP contribution in [0.5, 0.6) is 0 Å². The Balaban J connectivity index is 2.18. The van der Waals surface area contributed by atoms with Crippen molar-refractivity contribution < 1.29 is 24.2 Å². The number of carboxylic acid groups (broad SMARTS) is 1. The van der Waals surface area contributed by atoms with E-state index in [2.05, 4.69) is 15.2 Å². The molecule has 116 valence electrons. The Morgan fingerprint density at radius 3 is 2.76 bits per heavy atom. The Hall–Kier alpha value is -2.38. The molecule has 0 spiro atoms. The van der Waals surface area contributed by atoms with Gasteiger partial charge in [-0.25, -0.2) is 9.48 Å². The van der Waals surface area contributed by atoms with Gasteiger partial charge in [0.15, 0.2) is 0 Å². The summed E-state index contributed by atoms with van der Waals surface area (Å²) >= 11 is 0. The van der Waals surface area contributed by atoms with Gasteiger partial charge in [0.2, 0.25) is 5.91 Å². The lowest BCUT2D eigenvalue weighted by Gasteiger charge is -2.06. The number of nitrogens with one attached hydrogen (secondary N) is 1. The number of methoxy groups -OCH3 is 1. The number of hydrogen-bond acceptors (Lipinski definition) is 5. The Labute approximate surface area is 122 Å². The van der Waals surface area contributed by atoms with Crippen LogP contribution in [0.2, 0.25) is 0 Å². The second-order valence-corrected chi connectivity index (χ2v) is 4.42. The number of carboxylic acids is 1. The largest absolute Gasteiger partial charge is 0.477 e. The van der Waals surface area contributed by atoms with Crippen LogP contribution >= 0.6 is 0 Å². The summed E-state index contributed by atoms with van der Waals surface area (Å²) in [6, 6.07) is 1.34. The van der Waals surface area contributed by atoms with E-state index in [0.717, 1.165) is 17.5 Å². The van der Waals surface area contributed by atoms with Crippen molar-refractivity contribution in [3.8, 4) is 0 Å². The third-order valence-electron chi connectivity index (χ3n) is 2.84. The fourth-order valence-electron chi connectivity index (χ4n) is 1.73. The second kappa shape index (κ2) is 8.72. The summed E-state index contributed by atoms with van der Waals surface area (Å²) in [5.74, 6) is -1.66. The summed E-state index contributed by atoms with van der Waals surface area (Å²) in [6.45, 7) is 0.348. The van der Waals surface area contributed by atoms with Crippen molar-refractivity contribution in [1.82, 2.24) is 15.1 Å². The van der Waals surface area contributed by atoms with Crippen molar-refractivity contribution in [2.75, 3.05) is 13.7 Å². The number of ether oxygens (including phenoxy) is 1. The van der Waals surface area contributed by atoms with Gasteiger partial charge in [-0.05, 0) is 18.9 Å². The molecule has 21 heavy (non-hydrogen) atoms. The van der Waals surface area contributed by atoms with Gasteiger partial charge in [0.1, 0.15) is 12.2 Å². The van der Waals surface area contributed by atoms with Crippen molar-refractivity contribution in [2.24, 2.45) is 0 Å². The molecule has 1 aromatic heterocycles. The molecule has 1 aromatic rings. The van der Waals surface area contributed by atoms with Gasteiger partial charge >= 0.3 is 11.9 Å². The first-order valence-corrected chi connectivity index (χ1v) is 6.63. The SMILES string of the molecule is COC(=O)CCCCCNC(=O)Cn1nccc1C(=O)O. The lowest BCUT2D eigenvalue weighted by molar-refractivity contribution is -0.140. The molecule has 1 amide bonds. The summed E-state index contributed by atoms with van der Waals surface area (Å²) in [7, 11) is 1.35. The van der Waals surface area contributed by atoms with E-state index < -0.39 is 5.97 Å². The summed E-state index contributed by atoms with van der Waals surface area (Å²) in [4.78, 5) is 33.3. The standard InChI is InChI=1S/C13H19N3O5/c1-21-12(18)5-3-2-4-7-14-11(17)9-16-10(13(19)20)6-8-15-16/h6,8H,2-5,7,9H2,1H3,(H,14,17)(H,19,20). The minimum Gasteiger partial charge on any atom is -0.477 e. The van der Waals surface area contributed by atoms with Crippen molar-refractivity contribution in [1.29, 1.82) is 0 Å². The number of amides is 1. The van der Waals surface area contributed by atoms with Gasteiger partial charge in [0.25, 0.3) is 0 Å². The molecule has 0 aliphatic carbocycles. The first-order chi connectivity index (χ1) is 10.0. The lowest BCUT2D eigenvalue weighted by atomic mass is 10.2. The van der Waals surface area contributed by atoms with E-state index in [1.54, 1.807) is 0 Å². The molecule has 1 rings (SSSR count).